The molecule has 1 heterocycles. The summed E-state index contributed by atoms with van der Waals surface area (Å²) in [7, 11) is 0. The summed E-state index contributed by atoms with van der Waals surface area (Å²) in [5.41, 5.74) is 1.68. The van der Waals surface area contributed by atoms with Gasteiger partial charge in [-0.2, -0.15) is 0 Å². The van der Waals surface area contributed by atoms with Crippen LogP contribution in [0.3, 0.4) is 0 Å². The van der Waals surface area contributed by atoms with E-state index in [1.54, 1.807) is 12.3 Å². The fourth-order valence-electron chi connectivity index (χ4n) is 1.41. The van der Waals surface area contributed by atoms with Crippen molar-refractivity contribution < 1.29 is 4.92 Å². The first-order chi connectivity index (χ1) is 7.77. The molecule has 1 aromatic carbocycles. The van der Waals surface area contributed by atoms with E-state index in [0.717, 1.165) is 5.56 Å². The summed E-state index contributed by atoms with van der Waals surface area (Å²) in [6.45, 7) is 0. The van der Waals surface area contributed by atoms with Crippen LogP contribution in [0.5, 0.6) is 0 Å². The van der Waals surface area contributed by atoms with Gasteiger partial charge in [-0.25, -0.2) is 0 Å². The zero-order valence-electron chi connectivity index (χ0n) is 8.46. The van der Waals surface area contributed by atoms with Crippen molar-refractivity contribution in [2.45, 2.75) is 0 Å². The van der Waals surface area contributed by atoms with Crippen molar-refractivity contribution in [2.75, 3.05) is 0 Å². The van der Waals surface area contributed by atoms with Gasteiger partial charge >= 0.3 is 0 Å². The van der Waals surface area contributed by atoms with Crippen LogP contribution in [0.25, 0.3) is 12.2 Å². The van der Waals surface area contributed by atoms with E-state index in [1.165, 1.54) is 6.20 Å². The van der Waals surface area contributed by atoms with E-state index in [4.69, 9.17) is 0 Å². The van der Waals surface area contributed by atoms with Crippen molar-refractivity contribution in [2.24, 2.45) is 0 Å². The van der Waals surface area contributed by atoms with Crippen molar-refractivity contribution in [3.63, 3.8) is 0 Å². The van der Waals surface area contributed by atoms with Gasteiger partial charge in [0.05, 0.1) is 16.7 Å². The topological polar surface area (TPSA) is 58.9 Å². The Hall–Kier alpha value is -2.36. The number of nitrogens with zero attached hydrogens (tertiary/aromatic N) is 1. The molecular formula is C12H10N2O2. The number of hydrogen-bond acceptors (Lipinski definition) is 2. The Bertz CT molecular complexity index is 515. The molecule has 4 heteroatoms. The van der Waals surface area contributed by atoms with Crippen molar-refractivity contribution >= 4 is 17.8 Å². The highest BCUT2D eigenvalue weighted by Gasteiger charge is 2.11. The maximum absolute atomic E-state index is 10.6. The van der Waals surface area contributed by atoms with Crippen LogP contribution < -0.4 is 0 Å². The van der Waals surface area contributed by atoms with E-state index in [1.807, 2.05) is 36.4 Å². The highest BCUT2D eigenvalue weighted by atomic mass is 16.6. The summed E-state index contributed by atoms with van der Waals surface area (Å²) < 4.78 is 0. The Morgan fingerprint density at radius 1 is 1.12 bits per heavy atom. The lowest BCUT2D eigenvalue weighted by Crippen LogP contribution is -1.86. The van der Waals surface area contributed by atoms with E-state index in [2.05, 4.69) is 4.98 Å². The summed E-state index contributed by atoms with van der Waals surface area (Å²) in [6.07, 6.45) is 6.56. The van der Waals surface area contributed by atoms with E-state index >= 15 is 0 Å². The van der Waals surface area contributed by atoms with E-state index in [0.29, 0.717) is 5.56 Å². The predicted octanol–water partition coefficient (Wildman–Crippen LogP) is 3.09. The largest absolute Gasteiger partial charge is 0.361 e. The van der Waals surface area contributed by atoms with Gasteiger partial charge in [-0.15, -0.1) is 0 Å². The summed E-state index contributed by atoms with van der Waals surface area (Å²) in [4.78, 5) is 13.0. The van der Waals surface area contributed by atoms with Gasteiger partial charge in [0.25, 0.3) is 5.69 Å². The Labute approximate surface area is 92.4 Å². The maximum atomic E-state index is 10.6. The molecule has 4 nitrogen and oxygen atoms in total. The molecule has 0 atom stereocenters. The third-order valence-corrected chi connectivity index (χ3v) is 2.21. The highest BCUT2D eigenvalue weighted by molar-refractivity contribution is 5.73. The minimum atomic E-state index is -0.402. The van der Waals surface area contributed by atoms with Gasteiger partial charge in [-0.1, -0.05) is 36.4 Å². The summed E-state index contributed by atoms with van der Waals surface area (Å²) in [6, 6.07) is 9.65. The molecule has 0 aliphatic rings. The van der Waals surface area contributed by atoms with Crippen molar-refractivity contribution in [3.05, 3.63) is 64.0 Å². The second-order valence-electron chi connectivity index (χ2n) is 3.30. The number of aromatic nitrogens is 1. The predicted molar refractivity (Wildman–Crippen MR) is 62.8 cm³/mol. The molecule has 80 valence electrons. The fourth-order valence-corrected chi connectivity index (χ4v) is 1.41. The monoisotopic (exact) mass is 214 g/mol. The van der Waals surface area contributed by atoms with Gasteiger partial charge in [0.15, 0.2) is 0 Å². The third-order valence-electron chi connectivity index (χ3n) is 2.21. The van der Waals surface area contributed by atoms with Crippen LogP contribution in [0.4, 0.5) is 5.69 Å². The van der Waals surface area contributed by atoms with Gasteiger partial charge in [0.1, 0.15) is 0 Å². The minimum Gasteiger partial charge on any atom is -0.361 e. The van der Waals surface area contributed by atoms with Crippen molar-refractivity contribution in [1.29, 1.82) is 0 Å². The zero-order chi connectivity index (χ0) is 11.4. The molecule has 1 aromatic heterocycles. The highest BCUT2D eigenvalue weighted by Crippen LogP contribution is 2.19. The molecule has 0 fully saturated rings. The minimum absolute atomic E-state index is 0.0900. The molecule has 2 aromatic rings. The smallest absolute Gasteiger partial charge is 0.293 e. The molecule has 0 aliphatic heterocycles. The summed E-state index contributed by atoms with van der Waals surface area (Å²) in [5, 5.41) is 10.6. The Balaban J connectivity index is 2.24. The zero-order valence-corrected chi connectivity index (χ0v) is 8.46. The van der Waals surface area contributed by atoms with Gasteiger partial charge in [0.2, 0.25) is 0 Å². The normalized spacial score (nSPS) is 10.8. The lowest BCUT2D eigenvalue weighted by Gasteiger charge is -1.91. The number of benzene rings is 1. The molecule has 2 rings (SSSR count). The third kappa shape index (κ3) is 2.17. The first-order valence-electron chi connectivity index (χ1n) is 4.81. The van der Waals surface area contributed by atoms with Gasteiger partial charge < -0.3 is 4.98 Å². The molecule has 0 amide bonds. The molecule has 16 heavy (non-hydrogen) atoms. The van der Waals surface area contributed by atoms with Crippen LogP contribution in [0.1, 0.15) is 11.1 Å². The molecule has 0 spiro atoms. The summed E-state index contributed by atoms with van der Waals surface area (Å²) >= 11 is 0. The number of hydrogen-bond donors (Lipinski definition) is 1. The van der Waals surface area contributed by atoms with Crippen LogP contribution in [0, 0.1) is 10.1 Å². The van der Waals surface area contributed by atoms with Gasteiger partial charge in [-0.05, 0) is 11.6 Å². The SMILES string of the molecule is O=[N+]([O-])c1c[nH]cc1/C=C/c1ccccc1. The number of rotatable bonds is 3. The number of H-pyrrole nitrogens is 1. The molecule has 0 saturated carbocycles. The molecule has 0 radical (unpaired) electrons. The first-order valence-corrected chi connectivity index (χ1v) is 4.81. The molecule has 0 saturated heterocycles. The molecular weight excluding hydrogens is 204 g/mol. The number of aromatic amines is 1. The van der Waals surface area contributed by atoms with Crippen LogP contribution in [-0.4, -0.2) is 9.91 Å². The quantitative estimate of drug-likeness (QED) is 0.630. The standard InChI is InChI=1S/C12H10N2O2/c15-14(16)12-9-13-8-11(12)7-6-10-4-2-1-3-5-10/h1-9,13H/b7-6+. The van der Waals surface area contributed by atoms with Crippen molar-refractivity contribution in [3.8, 4) is 0 Å². The van der Waals surface area contributed by atoms with Gasteiger partial charge in [-0.3, -0.25) is 10.1 Å². The van der Waals surface area contributed by atoms with E-state index in [-0.39, 0.29) is 5.69 Å². The Morgan fingerprint density at radius 2 is 1.88 bits per heavy atom. The second kappa shape index (κ2) is 4.44. The average molecular weight is 214 g/mol. The molecule has 0 aliphatic carbocycles. The van der Waals surface area contributed by atoms with Crippen molar-refractivity contribution in [1.82, 2.24) is 4.98 Å². The molecule has 0 unspecified atom stereocenters. The Morgan fingerprint density at radius 3 is 2.56 bits per heavy atom. The van der Waals surface area contributed by atoms with Crippen LogP contribution >= 0.6 is 0 Å². The van der Waals surface area contributed by atoms with Gasteiger partial charge in [0, 0.05) is 6.20 Å². The second-order valence-corrected chi connectivity index (χ2v) is 3.30. The van der Waals surface area contributed by atoms with E-state index < -0.39 is 4.92 Å². The molecule has 1 N–H and O–H groups in total. The first kappa shape index (κ1) is 10.2. The Kier molecular flexibility index (Phi) is 2.82. The summed E-state index contributed by atoms with van der Waals surface area (Å²) in [5.74, 6) is 0. The fraction of sp³-hybridized carbons (Fsp3) is 0. The lowest BCUT2D eigenvalue weighted by atomic mass is 10.2. The maximum Gasteiger partial charge on any atom is 0.293 e. The van der Waals surface area contributed by atoms with Crippen LogP contribution in [-0.2, 0) is 0 Å². The molecule has 0 bridgehead atoms. The number of nitrogens with one attached hydrogen (secondary N) is 1. The lowest BCUT2D eigenvalue weighted by molar-refractivity contribution is -0.384. The van der Waals surface area contributed by atoms with Crippen LogP contribution in [0.2, 0.25) is 0 Å². The average Bonchev–Trinajstić information content (AvgIpc) is 2.76. The van der Waals surface area contributed by atoms with Crippen LogP contribution in [0.15, 0.2) is 42.7 Å². The number of nitro groups is 1. The van der Waals surface area contributed by atoms with E-state index in [9.17, 15) is 10.1 Å².